The van der Waals surface area contributed by atoms with Crippen molar-refractivity contribution in [1.82, 2.24) is 10.2 Å². The number of carbonyl (C=O) groups is 1. The molecule has 1 aliphatic heterocycles. The highest BCUT2D eigenvalue weighted by Crippen LogP contribution is 2.14. The van der Waals surface area contributed by atoms with Crippen molar-refractivity contribution in [2.45, 2.75) is 19.1 Å². The molecule has 1 fully saturated rings. The zero-order chi connectivity index (χ0) is 14.4. The van der Waals surface area contributed by atoms with E-state index in [0.717, 1.165) is 18.5 Å². The Morgan fingerprint density at radius 3 is 2.80 bits per heavy atom. The Bertz CT molecular complexity index is 424. The molecule has 0 aliphatic carbocycles. The molecule has 0 radical (unpaired) electrons. The molecule has 5 heteroatoms. The molecule has 110 valence electrons. The molecule has 1 saturated heterocycles. The van der Waals surface area contributed by atoms with Gasteiger partial charge in [0.2, 0.25) is 0 Å². The van der Waals surface area contributed by atoms with Crippen LogP contribution in [0.5, 0.6) is 0 Å². The normalized spacial score (nSPS) is 21.7. The maximum atomic E-state index is 11.8. The van der Waals surface area contributed by atoms with Crippen LogP contribution in [0.2, 0.25) is 0 Å². The Hall–Kier alpha value is -1.59. The number of hydrogen-bond donors (Lipinski definition) is 2. The van der Waals surface area contributed by atoms with Gasteiger partial charge < -0.3 is 20.1 Å². The number of β-amino-alcohol motifs (C(OH)–C–C–N with tert-alkyl or cyclic N) is 1. The number of ether oxygens (including phenoxy) is 1. The summed E-state index contributed by atoms with van der Waals surface area (Å²) in [6.45, 7) is 2.34. The molecule has 1 aromatic carbocycles. The molecule has 20 heavy (non-hydrogen) atoms. The lowest BCUT2D eigenvalue weighted by atomic mass is 10.0. The van der Waals surface area contributed by atoms with Crippen molar-refractivity contribution in [3.8, 4) is 0 Å². The highest BCUT2D eigenvalue weighted by Gasteiger charge is 2.25. The molecule has 2 atom stereocenters. The Balaban J connectivity index is 1.69. The van der Waals surface area contributed by atoms with E-state index in [4.69, 9.17) is 4.74 Å². The van der Waals surface area contributed by atoms with Crippen molar-refractivity contribution in [2.75, 3.05) is 26.7 Å². The van der Waals surface area contributed by atoms with Gasteiger partial charge in [-0.1, -0.05) is 30.3 Å². The Labute approximate surface area is 119 Å². The number of nitrogens with one attached hydrogen (secondary N) is 1. The van der Waals surface area contributed by atoms with Gasteiger partial charge in [-0.3, -0.25) is 0 Å². The first kappa shape index (κ1) is 14.8. The van der Waals surface area contributed by atoms with Crippen LogP contribution >= 0.6 is 0 Å². The van der Waals surface area contributed by atoms with Crippen LogP contribution in [0.4, 0.5) is 4.79 Å². The van der Waals surface area contributed by atoms with Crippen LogP contribution in [0.3, 0.4) is 0 Å². The molecule has 1 amide bonds. The average Bonchev–Trinajstić information content (AvgIpc) is 2.88. The second kappa shape index (κ2) is 7.26. The van der Waals surface area contributed by atoms with Crippen LogP contribution < -0.4 is 5.32 Å². The van der Waals surface area contributed by atoms with E-state index in [2.05, 4.69) is 5.32 Å². The van der Waals surface area contributed by atoms with Gasteiger partial charge >= 0.3 is 6.09 Å². The maximum Gasteiger partial charge on any atom is 0.409 e. The van der Waals surface area contributed by atoms with Gasteiger partial charge in [0.15, 0.2) is 0 Å². The molecule has 2 rings (SSSR count). The van der Waals surface area contributed by atoms with Crippen molar-refractivity contribution < 1.29 is 14.6 Å². The lowest BCUT2D eigenvalue weighted by Gasteiger charge is -2.20. The molecule has 0 saturated carbocycles. The smallest absolute Gasteiger partial charge is 0.409 e. The van der Waals surface area contributed by atoms with E-state index in [0.29, 0.717) is 13.1 Å². The largest absolute Gasteiger partial charge is 0.445 e. The second-order valence-electron chi connectivity index (χ2n) is 5.24. The monoisotopic (exact) mass is 278 g/mol. The van der Waals surface area contributed by atoms with Gasteiger partial charge in [0, 0.05) is 32.6 Å². The van der Waals surface area contributed by atoms with Crippen LogP contribution in [-0.2, 0) is 11.3 Å². The predicted octanol–water partition coefficient (Wildman–Crippen LogP) is 1.23. The number of aliphatic hydroxyl groups is 1. The molecule has 0 aromatic heterocycles. The third-order valence-electron chi connectivity index (χ3n) is 3.66. The molecule has 0 bridgehead atoms. The molecular formula is C15H22N2O3. The molecule has 1 aliphatic rings. The van der Waals surface area contributed by atoms with E-state index in [-0.39, 0.29) is 24.7 Å². The molecule has 0 spiro atoms. The summed E-state index contributed by atoms with van der Waals surface area (Å²) in [6, 6.07) is 9.61. The zero-order valence-electron chi connectivity index (χ0n) is 11.8. The van der Waals surface area contributed by atoms with E-state index < -0.39 is 0 Å². The first-order chi connectivity index (χ1) is 9.66. The van der Waals surface area contributed by atoms with Crippen molar-refractivity contribution >= 4 is 6.09 Å². The fourth-order valence-corrected chi connectivity index (χ4v) is 2.29. The van der Waals surface area contributed by atoms with Gasteiger partial charge in [-0.2, -0.15) is 0 Å². The minimum atomic E-state index is -0.325. The van der Waals surface area contributed by atoms with Crippen molar-refractivity contribution in [3.05, 3.63) is 35.9 Å². The van der Waals surface area contributed by atoms with Crippen molar-refractivity contribution in [3.63, 3.8) is 0 Å². The Morgan fingerprint density at radius 1 is 1.40 bits per heavy atom. The van der Waals surface area contributed by atoms with E-state index in [9.17, 15) is 9.90 Å². The summed E-state index contributed by atoms with van der Waals surface area (Å²) in [5, 5.41) is 12.8. The van der Waals surface area contributed by atoms with Crippen molar-refractivity contribution in [1.29, 1.82) is 0 Å². The number of nitrogens with zero attached hydrogens (tertiary/aromatic N) is 1. The zero-order valence-corrected chi connectivity index (χ0v) is 11.8. The average molecular weight is 278 g/mol. The summed E-state index contributed by atoms with van der Waals surface area (Å²) < 4.78 is 5.24. The summed E-state index contributed by atoms with van der Waals surface area (Å²) in [6.07, 6.45) is 0.156. The van der Waals surface area contributed by atoms with Gasteiger partial charge in [-0.05, 0) is 12.0 Å². The minimum Gasteiger partial charge on any atom is -0.445 e. The highest BCUT2D eigenvalue weighted by molar-refractivity contribution is 5.67. The van der Waals surface area contributed by atoms with Crippen LogP contribution in [0.25, 0.3) is 0 Å². The first-order valence-corrected chi connectivity index (χ1v) is 6.97. The molecule has 5 nitrogen and oxygen atoms in total. The lowest BCUT2D eigenvalue weighted by Crippen LogP contribution is -2.31. The van der Waals surface area contributed by atoms with Crippen molar-refractivity contribution in [2.24, 2.45) is 5.92 Å². The van der Waals surface area contributed by atoms with Gasteiger partial charge in [-0.25, -0.2) is 4.79 Å². The fourth-order valence-electron chi connectivity index (χ4n) is 2.29. The van der Waals surface area contributed by atoms with E-state index >= 15 is 0 Å². The minimum absolute atomic E-state index is 0.222. The van der Waals surface area contributed by atoms with Crippen LogP contribution in [0.1, 0.15) is 12.0 Å². The topological polar surface area (TPSA) is 61.8 Å². The summed E-state index contributed by atoms with van der Waals surface area (Å²) in [4.78, 5) is 13.4. The number of hydrogen-bond acceptors (Lipinski definition) is 4. The summed E-state index contributed by atoms with van der Waals surface area (Å²) in [7, 11) is 1.72. The van der Waals surface area contributed by atoms with Gasteiger partial charge in [0.25, 0.3) is 0 Å². The highest BCUT2D eigenvalue weighted by atomic mass is 16.6. The van der Waals surface area contributed by atoms with Gasteiger partial charge in [-0.15, -0.1) is 0 Å². The Morgan fingerprint density at radius 2 is 2.15 bits per heavy atom. The standard InChI is InChI=1S/C15H22N2O3/c1-17(8-7-13-9-16-10-14(13)18)15(19)20-11-12-5-3-2-4-6-12/h2-6,13-14,16,18H,7-11H2,1H3/t13-,14-/m0/s1. The van der Waals surface area contributed by atoms with Gasteiger partial charge in [0.1, 0.15) is 6.61 Å². The molecule has 0 unspecified atom stereocenters. The number of amides is 1. The molecule has 1 heterocycles. The fraction of sp³-hybridized carbons (Fsp3) is 0.533. The molecule has 2 N–H and O–H groups in total. The summed E-state index contributed by atoms with van der Waals surface area (Å²) in [5.41, 5.74) is 0.977. The third-order valence-corrected chi connectivity index (χ3v) is 3.66. The van der Waals surface area contributed by atoms with E-state index in [1.807, 2.05) is 30.3 Å². The SMILES string of the molecule is CN(CC[C@H]1CNC[C@@H]1O)C(=O)OCc1ccccc1. The Kier molecular flexibility index (Phi) is 5.38. The van der Waals surface area contributed by atoms with Crippen LogP contribution in [0.15, 0.2) is 30.3 Å². The number of rotatable bonds is 5. The van der Waals surface area contributed by atoms with E-state index in [1.165, 1.54) is 0 Å². The van der Waals surface area contributed by atoms with Crippen LogP contribution in [0, 0.1) is 5.92 Å². The summed E-state index contributed by atoms with van der Waals surface area (Å²) in [5.74, 6) is 0.222. The number of carbonyl (C=O) groups excluding carboxylic acids is 1. The maximum absolute atomic E-state index is 11.8. The first-order valence-electron chi connectivity index (χ1n) is 6.97. The third kappa shape index (κ3) is 4.21. The quantitative estimate of drug-likeness (QED) is 0.850. The van der Waals surface area contributed by atoms with E-state index in [1.54, 1.807) is 11.9 Å². The van der Waals surface area contributed by atoms with Gasteiger partial charge in [0.05, 0.1) is 6.10 Å². The predicted molar refractivity (Wildman–Crippen MR) is 76.2 cm³/mol. The number of aliphatic hydroxyl groups excluding tert-OH is 1. The van der Waals surface area contributed by atoms with Crippen LogP contribution in [-0.4, -0.2) is 48.9 Å². The molecule has 1 aromatic rings. The molecular weight excluding hydrogens is 256 g/mol. The number of benzene rings is 1. The lowest BCUT2D eigenvalue weighted by molar-refractivity contribution is 0.0963. The second-order valence-corrected chi connectivity index (χ2v) is 5.24. The summed E-state index contributed by atoms with van der Waals surface area (Å²) >= 11 is 0.